The van der Waals surface area contributed by atoms with E-state index in [9.17, 15) is 0 Å². The molecule has 1 saturated carbocycles. The van der Waals surface area contributed by atoms with Crippen LogP contribution in [0.15, 0.2) is 18.2 Å². The molecule has 1 heteroatoms. The SMILES string of the molecule is CCNC(Cc1cc(C)cc(C)c1)C1C(C)(C)C1(C)C. The average Bonchev–Trinajstić information content (AvgIpc) is 2.67. The first-order valence-corrected chi connectivity index (χ1v) is 8.00. The lowest BCUT2D eigenvalue weighted by molar-refractivity contribution is 0.403. The summed E-state index contributed by atoms with van der Waals surface area (Å²) in [4.78, 5) is 0. The smallest absolute Gasteiger partial charge is 0.0146 e. The fourth-order valence-corrected chi connectivity index (χ4v) is 4.26. The van der Waals surface area contributed by atoms with E-state index >= 15 is 0 Å². The Balaban J connectivity index is 2.19. The number of hydrogen-bond acceptors (Lipinski definition) is 1. The lowest BCUT2D eigenvalue weighted by atomic mass is 9.95. The van der Waals surface area contributed by atoms with Crippen LogP contribution in [0.5, 0.6) is 0 Å². The molecule has 1 nitrogen and oxygen atoms in total. The lowest BCUT2D eigenvalue weighted by Crippen LogP contribution is -2.35. The molecule has 1 aromatic carbocycles. The maximum absolute atomic E-state index is 3.74. The molecule has 0 spiro atoms. The molecule has 0 amide bonds. The molecule has 1 aliphatic rings. The first-order chi connectivity index (χ1) is 9.20. The van der Waals surface area contributed by atoms with Crippen molar-refractivity contribution in [1.29, 1.82) is 0 Å². The van der Waals surface area contributed by atoms with E-state index in [1.54, 1.807) is 0 Å². The molecule has 1 atom stereocenters. The van der Waals surface area contributed by atoms with E-state index in [0.29, 0.717) is 16.9 Å². The molecular formula is C19H31N. The van der Waals surface area contributed by atoms with Crippen molar-refractivity contribution < 1.29 is 0 Å². The second-order valence-corrected chi connectivity index (χ2v) is 7.79. The maximum Gasteiger partial charge on any atom is 0.0146 e. The average molecular weight is 273 g/mol. The highest BCUT2D eigenvalue weighted by Gasteiger charge is 2.66. The van der Waals surface area contributed by atoms with Crippen LogP contribution in [-0.4, -0.2) is 12.6 Å². The quantitative estimate of drug-likeness (QED) is 0.832. The van der Waals surface area contributed by atoms with Crippen molar-refractivity contribution in [2.75, 3.05) is 6.54 Å². The van der Waals surface area contributed by atoms with Gasteiger partial charge < -0.3 is 5.32 Å². The summed E-state index contributed by atoms with van der Waals surface area (Å²) in [5, 5.41) is 3.74. The molecule has 0 bridgehead atoms. The molecule has 20 heavy (non-hydrogen) atoms. The third-order valence-corrected chi connectivity index (χ3v) is 5.74. The van der Waals surface area contributed by atoms with Gasteiger partial charge >= 0.3 is 0 Å². The van der Waals surface area contributed by atoms with Crippen molar-refractivity contribution in [3.8, 4) is 0 Å². The van der Waals surface area contributed by atoms with E-state index in [1.165, 1.54) is 16.7 Å². The highest BCUT2D eigenvalue weighted by Crippen LogP contribution is 2.69. The zero-order chi connectivity index (χ0) is 15.1. The number of rotatable bonds is 5. The van der Waals surface area contributed by atoms with Gasteiger partial charge in [-0.25, -0.2) is 0 Å². The molecule has 1 unspecified atom stereocenters. The lowest BCUT2D eigenvalue weighted by Gasteiger charge is -2.21. The molecule has 0 saturated heterocycles. The normalized spacial score (nSPS) is 21.8. The van der Waals surface area contributed by atoms with Crippen LogP contribution in [0.2, 0.25) is 0 Å². The van der Waals surface area contributed by atoms with Gasteiger partial charge in [-0.05, 0) is 49.1 Å². The first kappa shape index (κ1) is 15.6. The first-order valence-electron chi connectivity index (χ1n) is 8.00. The predicted molar refractivity (Wildman–Crippen MR) is 88.1 cm³/mol. The summed E-state index contributed by atoms with van der Waals surface area (Å²) in [6.45, 7) is 17.3. The van der Waals surface area contributed by atoms with Gasteiger partial charge in [0.15, 0.2) is 0 Å². The number of likely N-dealkylation sites (N-methyl/N-ethyl adjacent to an activating group) is 1. The fourth-order valence-electron chi connectivity index (χ4n) is 4.26. The number of aryl methyl sites for hydroxylation is 2. The van der Waals surface area contributed by atoms with Crippen LogP contribution in [0.3, 0.4) is 0 Å². The summed E-state index contributed by atoms with van der Waals surface area (Å²) in [7, 11) is 0. The van der Waals surface area contributed by atoms with Crippen molar-refractivity contribution in [3.05, 3.63) is 34.9 Å². The van der Waals surface area contributed by atoms with Gasteiger partial charge in [0.2, 0.25) is 0 Å². The summed E-state index contributed by atoms with van der Waals surface area (Å²) < 4.78 is 0. The fraction of sp³-hybridized carbons (Fsp3) is 0.684. The highest BCUT2D eigenvalue weighted by molar-refractivity contribution is 5.30. The van der Waals surface area contributed by atoms with Crippen LogP contribution >= 0.6 is 0 Å². The van der Waals surface area contributed by atoms with Crippen molar-refractivity contribution in [3.63, 3.8) is 0 Å². The molecule has 0 heterocycles. The largest absolute Gasteiger partial charge is 0.314 e. The minimum Gasteiger partial charge on any atom is -0.314 e. The van der Waals surface area contributed by atoms with Gasteiger partial charge in [0.1, 0.15) is 0 Å². The maximum atomic E-state index is 3.74. The van der Waals surface area contributed by atoms with E-state index in [2.05, 4.69) is 72.0 Å². The predicted octanol–water partition coefficient (Wildman–Crippen LogP) is 4.51. The van der Waals surface area contributed by atoms with Gasteiger partial charge in [-0.2, -0.15) is 0 Å². The van der Waals surface area contributed by atoms with E-state index in [1.807, 2.05) is 0 Å². The zero-order valence-corrected chi connectivity index (χ0v) is 14.3. The summed E-state index contributed by atoms with van der Waals surface area (Å²) >= 11 is 0. The number of hydrogen-bond donors (Lipinski definition) is 1. The van der Waals surface area contributed by atoms with Crippen LogP contribution in [0.4, 0.5) is 0 Å². The Kier molecular flexibility index (Phi) is 4.03. The second kappa shape index (κ2) is 5.18. The monoisotopic (exact) mass is 273 g/mol. The molecular weight excluding hydrogens is 242 g/mol. The summed E-state index contributed by atoms with van der Waals surface area (Å²) in [6, 6.07) is 7.54. The molecule has 0 aromatic heterocycles. The van der Waals surface area contributed by atoms with Crippen molar-refractivity contribution in [2.24, 2.45) is 16.7 Å². The van der Waals surface area contributed by atoms with E-state index < -0.39 is 0 Å². The third kappa shape index (κ3) is 2.65. The van der Waals surface area contributed by atoms with E-state index in [-0.39, 0.29) is 0 Å². The molecule has 0 radical (unpaired) electrons. The van der Waals surface area contributed by atoms with Crippen LogP contribution in [-0.2, 0) is 6.42 Å². The van der Waals surface area contributed by atoms with E-state index in [0.717, 1.165) is 18.9 Å². The van der Waals surface area contributed by atoms with Crippen LogP contribution in [0, 0.1) is 30.6 Å². The van der Waals surface area contributed by atoms with Gasteiger partial charge in [-0.15, -0.1) is 0 Å². The number of nitrogens with one attached hydrogen (secondary N) is 1. The Labute approximate surface area is 125 Å². The van der Waals surface area contributed by atoms with Crippen molar-refractivity contribution in [1.82, 2.24) is 5.32 Å². The highest BCUT2D eigenvalue weighted by atomic mass is 15.0. The summed E-state index contributed by atoms with van der Waals surface area (Å²) in [6.07, 6.45) is 1.15. The Hall–Kier alpha value is -0.820. The summed E-state index contributed by atoms with van der Waals surface area (Å²) in [5.41, 5.74) is 5.12. The molecule has 2 rings (SSSR count). The minimum absolute atomic E-state index is 0.443. The Morgan fingerprint density at radius 3 is 1.90 bits per heavy atom. The third-order valence-electron chi connectivity index (χ3n) is 5.74. The molecule has 0 aliphatic heterocycles. The Morgan fingerprint density at radius 1 is 1.00 bits per heavy atom. The molecule has 1 aromatic rings. The van der Waals surface area contributed by atoms with Crippen LogP contribution in [0.25, 0.3) is 0 Å². The van der Waals surface area contributed by atoms with E-state index in [4.69, 9.17) is 0 Å². The topological polar surface area (TPSA) is 12.0 Å². The minimum atomic E-state index is 0.443. The van der Waals surface area contributed by atoms with Crippen LogP contribution in [0.1, 0.15) is 51.3 Å². The molecule has 112 valence electrons. The Morgan fingerprint density at radius 2 is 1.50 bits per heavy atom. The second-order valence-electron chi connectivity index (χ2n) is 7.79. The standard InChI is InChI=1S/C19H31N/c1-8-20-16(17-18(4,5)19(17,6)7)12-15-10-13(2)9-14(3)11-15/h9-11,16-17,20H,8,12H2,1-7H3. The van der Waals surface area contributed by atoms with Gasteiger partial charge in [0, 0.05) is 6.04 Å². The number of benzene rings is 1. The van der Waals surface area contributed by atoms with Crippen LogP contribution < -0.4 is 5.32 Å². The van der Waals surface area contributed by atoms with Gasteiger partial charge in [-0.3, -0.25) is 0 Å². The zero-order valence-electron chi connectivity index (χ0n) is 14.3. The van der Waals surface area contributed by atoms with Gasteiger partial charge in [-0.1, -0.05) is 63.9 Å². The Bertz CT molecular complexity index is 450. The molecule has 1 fully saturated rings. The molecule has 1 N–H and O–H groups in total. The van der Waals surface area contributed by atoms with Crippen molar-refractivity contribution >= 4 is 0 Å². The van der Waals surface area contributed by atoms with Gasteiger partial charge in [0.05, 0.1) is 0 Å². The van der Waals surface area contributed by atoms with Crippen molar-refractivity contribution in [2.45, 2.75) is 60.9 Å². The van der Waals surface area contributed by atoms with Gasteiger partial charge in [0.25, 0.3) is 0 Å². The summed E-state index contributed by atoms with van der Waals surface area (Å²) in [5.74, 6) is 0.760. The molecule has 1 aliphatic carbocycles.